The molecule has 0 spiro atoms. The van der Waals surface area contributed by atoms with Crippen LogP contribution in [0.3, 0.4) is 0 Å². The molecule has 1 aliphatic heterocycles. The Morgan fingerprint density at radius 3 is 3.12 bits per heavy atom. The van der Waals surface area contributed by atoms with Crippen molar-refractivity contribution in [3.63, 3.8) is 0 Å². The van der Waals surface area contributed by atoms with Gasteiger partial charge in [0.2, 0.25) is 0 Å². The molecule has 16 heavy (non-hydrogen) atoms. The molecule has 3 rings (SSSR count). The second kappa shape index (κ2) is 3.45. The number of nitrogens with two attached hydrogens (primary N) is 1. The molecule has 5 heteroatoms. The first-order chi connectivity index (χ1) is 7.81. The number of nitrogens with zero attached hydrogens (tertiary/aromatic N) is 4. The predicted molar refractivity (Wildman–Crippen MR) is 60.9 cm³/mol. The highest BCUT2D eigenvalue weighted by atomic mass is 15.3. The summed E-state index contributed by atoms with van der Waals surface area (Å²) < 4.78 is 4.21. The molecule has 3 heterocycles. The zero-order valence-electron chi connectivity index (χ0n) is 9.35. The fourth-order valence-corrected chi connectivity index (χ4v) is 2.40. The van der Waals surface area contributed by atoms with E-state index in [1.54, 1.807) is 0 Å². The van der Waals surface area contributed by atoms with E-state index in [0.717, 1.165) is 25.2 Å². The van der Waals surface area contributed by atoms with Crippen molar-refractivity contribution in [1.29, 1.82) is 0 Å². The molecule has 0 saturated heterocycles. The Bertz CT molecular complexity index is 522. The number of imidazole rings is 1. The van der Waals surface area contributed by atoms with Gasteiger partial charge in [-0.25, -0.2) is 4.98 Å². The first kappa shape index (κ1) is 9.59. The summed E-state index contributed by atoms with van der Waals surface area (Å²) in [7, 11) is 1.99. The number of rotatable bonds is 2. The molecule has 0 saturated carbocycles. The third-order valence-electron chi connectivity index (χ3n) is 3.22. The first-order valence-corrected chi connectivity index (χ1v) is 5.57. The Morgan fingerprint density at radius 2 is 2.31 bits per heavy atom. The monoisotopic (exact) mass is 217 g/mol. The van der Waals surface area contributed by atoms with Gasteiger partial charge in [-0.2, -0.15) is 5.10 Å². The topological polar surface area (TPSA) is 61.7 Å². The summed E-state index contributed by atoms with van der Waals surface area (Å²) in [6.07, 6.45) is 5.72. The van der Waals surface area contributed by atoms with Crippen molar-refractivity contribution in [2.45, 2.75) is 19.4 Å². The molecule has 5 nitrogen and oxygen atoms in total. The zero-order valence-corrected chi connectivity index (χ0v) is 9.35. The van der Waals surface area contributed by atoms with Crippen LogP contribution in [-0.2, 0) is 26.4 Å². The van der Waals surface area contributed by atoms with Crippen molar-refractivity contribution in [1.82, 2.24) is 19.3 Å². The maximum absolute atomic E-state index is 5.58. The van der Waals surface area contributed by atoms with Crippen molar-refractivity contribution in [2.75, 3.05) is 6.54 Å². The molecule has 84 valence electrons. The Balaban J connectivity index is 2.12. The van der Waals surface area contributed by atoms with Crippen molar-refractivity contribution < 1.29 is 0 Å². The zero-order chi connectivity index (χ0) is 11.1. The van der Waals surface area contributed by atoms with E-state index in [2.05, 4.69) is 14.6 Å². The molecular formula is C11H15N5. The van der Waals surface area contributed by atoms with E-state index in [1.165, 1.54) is 17.0 Å². The minimum Gasteiger partial charge on any atom is -0.330 e. The van der Waals surface area contributed by atoms with Crippen molar-refractivity contribution >= 4 is 0 Å². The predicted octanol–water partition coefficient (Wildman–Crippen LogP) is 0.341. The molecule has 0 fully saturated rings. The van der Waals surface area contributed by atoms with E-state index >= 15 is 0 Å². The largest absolute Gasteiger partial charge is 0.330 e. The Morgan fingerprint density at radius 1 is 1.44 bits per heavy atom. The summed E-state index contributed by atoms with van der Waals surface area (Å²) >= 11 is 0. The highest BCUT2D eigenvalue weighted by Gasteiger charge is 2.21. The van der Waals surface area contributed by atoms with Crippen LogP contribution in [-0.4, -0.2) is 25.9 Å². The van der Waals surface area contributed by atoms with Gasteiger partial charge in [0.1, 0.15) is 5.82 Å². The van der Waals surface area contributed by atoms with Crippen LogP contribution in [0.5, 0.6) is 0 Å². The molecular weight excluding hydrogens is 202 g/mol. The molecule has 2 aromatic heterocycles. The molecule has 0 bridgehead atoms. The summed E-state index contributed by atoms with van der Waals surface area (Å²) in [5.74, 6) is 1.09. The lowest BCUT2D eigenvalue weighted by atomic mass is 10.1. The van der Waals surface area contributed by atoms with Crippen LogP contribution in [0.15, 0.2) is 12.4 Å². The standard InChI is InChI=1S/C11H15N5/c1-15-9-3-5-16-10(8(9)6-14-15)7-13-11(16)2-4-12/h6-7H,2-5,12H2,1H3. The minimum atomic E-state index is 0.649. The lowest BCUT2D eigenvalue weighted by molar-refractivity contribution is 0.603. The Hall–Kier alpha value is -1.62. The van der Waals surface area contributed by atoms with Crippen LogP contribution in [0.4, 0.5) is 0 Å². The summed E-state index contributed by atoms with van der Waals surface area (Å²) in [5, 5.41) is 4.30. The van der Waals surface area contributed by atoms with Gasteiger partial charge in [-0.3, -0.25) is 4.68 Å². The number of hydrogen-bond donors (Lipinski definition) is 1. The van der Waals surface area contributed by atoms with E-state index in [0.29, 0.717) is 6.54 Å². The highest BCUT2D eigenvalue weighted by Crippen LogP contribution is 2.29. The Labute approximate surface area is 93.9 Å². The van der Waals surface area contributed by atoms with Crippen LogP contribution in [0.1, 0.15) is 11.5 Å². The number of hydrogen-bond acceptors (Lipinski definition) is 3. The number of fused-ring (bicyclic) bond motifs is 3. The van der Waals surface area contributed by atoms with E-state index in [9.17, 15) is 0 Å². The average molecular weight is 217 g/mol. The molecule has 0 unspecified atom stereocenters. The average Bonchev–Trinajstić information content (AvgIpc) is 2.84. The molecule has 2 aromatic rings. The van der Waals surface area contributed by atoms with Crippen LogP contribution in [0, 0.1) is 0 Å². The van der Waals surface area contributed by atoms with E-state index in [1.807, 2.05) is 24.1 Å². The second-order valence-electron chi connectivity index (χ2n) is 4.13. The molecule has 0 amide bonds. The quantitative estimate of drug-likeness (QED) is 0.789. The van der Waals surface area contributed by atoms with Crippen LogP contribution in [0.25, 0.3) is 11.3 Å². The molecule has 0 atom stereocenters. The third-order valence-corrected chi connectivity index (χ3v) is 3.22. The van der Waals surface area contributed by atoms with Gasteiger partial charge in [0, 0.05) is 37.7 Å². The van der Waals surface area contributed by atoms with Gasteiger partial charge in [-0.05, 0) is 6.54 Å². The summed E-state index contributed by atoms with van der Waals surface area (Å²) in [5.41, 5.74) is 9.27. The third kappa shape index (κ3) is 1.21. The van der Waals surface area contributed by atoms with Gasteiger partial charge >= 0.3 is 0 Å². The molecule has 0 radical (unpaired) electrons. The van der Waals surface area contributed by atoms with E-state index in [4.69, 9.17) is 5.73 Å². The number of aromatic nitrogens is 4. The normalized spacial score (nSPS) is 13.6. The highest BCUT2D eigenvalue weighted by molar-refractivity contribution is 5.63. The summed E-state index contributed by atoms with van der Waals surface area (Å²) in [4.78, 5) is 4.44. The van der Waals surface area contributed by atoms with Gasteiger partial charge < -0.3 is 10.3 Å². The number of aryl methyl sites for hydroxylation is 1. The van der Waals surface area contributed by atoms with Gasteiger partial charge in [0.15, 0.2) is 0 Å². The lowest BCUT2D eigenvalue weighted by Crippen LogP contribution is -2.16. The smallest absolute Gasteiger partial charge is 0.110 e. The van der Waals surface area contributed by atoms with Gasteiger partial charge in [-0.1, -0.05) is 0 Å². The van der Waals surface area contributed by atoms with Crippen molar-refractivity contribution in [2.24, 2.45) is 12.8 Å². The van der Waals surface area contributed by atoms with Crippen LogP contribution >= 0.6 is 0 Å². The minimum absolute atomic E-state index is 0.649. The van der Waals surface area contributed by atoms with Crippen molar-refractivity contribution in [3.05, 3.63) is 23.9 Å². The van der Waals surface area contributed by atoms with Crippen LogP contribution in [0.2, 0.25) is 0 Å². The fraction of sp³-hybridized carbons (Fsp3) is 0.455. The van der Waals surface area contributed by atoms with E-state index < -0.39 is 0 Å². The fourth-order valence-electron chi connectivity index (χ4n) is 2.40. The second-order valence-corrected chi connectivity index (χ2v) is 4.13. The maximum Gasteiger partial charge on any atom is 0.110 e. The van der Waals surface area contributed by atoms with Crippen molar-refractivity contribution in [3.8, 4) is 11.3 Å². The lowest BCUT2D eigenvalue weighted by Gasteiger charge is -2.17. The van der Waals surface area contributed by atoms with Gasteiger partial charge in [-0.15, -0.1) is 0 Å². The first-order valence-electron chi connectivity index (χ1n) is 5.57. The summed E-state index contributed by atoms with van der Waals surface area (Å²) in [6, 6.07) is 0. The van der Waals surface area contributed by atoms with Gasteiger partial charge in [0.05, 0.1) is 18.1 Å². The molecule has 1 aliphatic rings. The molecule has 0 aromatic carbocycles. The SMILES string of the molecule is Cn1ncc2c1CCn1c-2cnc1CCN. The maximum atomic E-state index is 5.58. The molecule has 2 N–H and O–H groups in total. The Kier molecular flexibility index (Phi) is 2.07. The summed E-state index contributed by atoms with van der Waals surface area (Å²) in [6.45, 7) is 1.63. The van der Waals surface area contributed by atoms with Crippen LogP contribution < -0.4 is 5.73 Å². The van der Waals surface area contributed by atoms with E-state index in [-0.39, 0.29) is 0 Å². The van der Waals surface area contributed by atoms with Gasteiger partial charge in [0.25, 0.3) is 0 Å². The molecule has 0 aliphatic carbocycles.